The zero-order valence-electron chi connectivity index (χ0n) is 11.0. The van der Waals surface area contributed by atoms with E-state index in [1.807, 2.05) is 31.2 Å². The second kappa shape index (κ2) is 7.24. The Hall–Kier alpha value is -1.11. The fourth-order valence-electron chi connectivity index (χ4n) is 1.65. The van der Waals surface area contributed by atoms with Gasteiger partial charge in [-0.05, 0) is 65.4 Å². The minimum Gasteiger partial charge on any atom is -0.267 e. The van der Waals surface area contributed by atoms with E-state index in [0.717, 1.165) is 9.13 Å². The van der Waals surface area contributed by atoms with Crippen LogP contribution in [0.3, 0.4) is 0 Å². The molecule has 2 rings (SSSR count). The van der Waals surface area contributed by atoms with Crippen LogP contribution >= 0.6 is 45.8 Å². The number of benzene rings is 2. The standard InChI is InChI=1S/C15H11Cl2IN2O/c1-9(10-3-2-4-12(18)7-10)19-20-15(21)13-6-5-11(16)8-14(13)17/h2-8H,1H3,(H,20,21)/b19-9-. The molecular formula is C15H11Cl2IN2O. The normalized spacial score (nSPS) is 11.3. The second-order valence-electron chi connectivity index (χ2n) is 4.27. The van der Waals surface area contributed by atoms with Gasteiger partial charge in [0.2, 0.25) is 0 Å². The van der Waals surface area contributed by atoms with E-state index in [1.54, 1.807) is 12.1 Å². The number of nitrogens with one attached hydrogen (secondary N) is 1. The molecule has 21 heavy (non-hydrogen) atoms. The lowest BCUT2D eigenvalue weighted by Gasteiger charge is -2.05. The Bertz CT molecular complexity index is 717. The monoisotopic (exact) mass is 432 g/mol. The van der Waals surface area contributed by atoms with Crippen LogP contribution in [0, 0.1) is 3.57 Å². The number of carbonyl (C=O) groups is 1. The minimum absolute atomic E-state index is 0.294. The van der Waals surface area contributed by atoms with Gasteiger partial charge in [0.1, 0.15) is 0 Å². The maximum atomic E-state index is 12.0. The molecule has 0 spiro atoms. The molecule has 0 saturated carbocycles. The maximum Gasteiger partial charge on any atom is 0.272 e. The summed E-state index contributed by atoms with van der Waals surface area (Å²) < 4.78 is 1.10. The van der Waals surface area contributed by atoms with E-state index in [9.17, 15) is 4.79 Å². The van der Waals surface area contributed by atoms with Crippen molar-refractivity contribution in [3.8, 4) is 0 Å². The summed E-state index contributed by atoms with van der Waals surface area (Å²) in [4.78, 5) is 12.0. The first-order valence-corrected chi connectivity index (χ1v) is 7.86. The molecule has 0 aliphatic heterocycles. The van der Waals surface area contributed by atoms with Crippen molar-refractivity contribution >= 4 is 57.4 Å². The summed E-state index contributed by atoms with van der Waals surface area (Å²) in [5.41, 5.74) is 4.49. The second-order valence-corrected chi connectivity index (χ2v) is 6.36. The third kappa shape index (κ3) is 4.43. The van der Waals surface area contributed by atoms with Gasteiger partial charge in [0.05, 0.1) is 16.3 Å². The van der Waals surface area contributed by atoms with Gasteiger partial charge in [-0.25, -0.2) is 5.43 Å². The number of nitrogens with zero attached hydrogens (tertiary/aromatic N) is 1. The van der Waals surface area contributed by atoms with Crippen molar-refractivity contribution in [2.45, 2.75) is 6.92 Å². The lowest BCUT2D eigenvalue weighted by Crippen LogP contribution is -2.19. The van der Waals surface area contributed by atoms with Crippen LogP contribution in [0.2, 0.25) is 10.0 Å². The molecular weight excluding hydrogens is 422 g/mol. The highest BCUT2D eigenvalue weighted by molar-refractivity contribution is 14.1. The highest BCUT2D eigenvalue weighted by Gasteiger charge is 2.10. The topological polar surface area (TPSA) is 41.5 Å². The number of rotatable bonds is 3. The van der Waals surface area contributed by atoms with Gasteiger partial charge in [-0.3, -0.25) is 4.79 Å². The summed E-state index contributed by atoms with van der Waals surface area (Å²) >= 11 is 14.0. The van der Waals surface area contributed by atoms with E-state index in [-0.39, 0.29) is 5.91 Å². The largest absolute Gasteiger partial charge is 0.272 e. The molecule has 0 fully saturated rings. The molecule has 3 nitrogen and oxygen atoms in total. The summed E-state index contributed by atoms with van der Waals surface area (Å²) in [6.07, 6.45) is 0. The summed E-state index contributed by atoms with van der Waals surface area (Å²) in [5.74, 6) is -0.373. The van der Waals surface area contributed by atoms with Crippen LogP contribution in [0.4, 0.5) is 0 Å². The number of amides is 1. The molecule has 1 N–H and O–H groups in total. The smallest absolute Gasteiger partial charge is 0.267 e. The SMILES string of the molecule is C/C(=N/NC(=O)c1ccc(Cl)cc1Cl)c1cccc(I)c1. The summed E-state index contributed by atoms with van der Waals surface area (Å²) in [5, 5.41) is 4.87. The van der Waals surface area contributed by atoms with Crippen LogP contribution in [-0.2, 0) is 0 Å². The molecule has 0 unspecified atom stereocenters. The van der Waals surface area contributed by atoms with Crippen molar-refractivity contribution in [2.75, 3.05) is 0 Å². The lowest BCUT2D eigenvalue weighted by molar-refractivity contribution is 0.0955. The zero-order chi connectivity index (χ0) is 15.4. The Labute approximate surface area is 146 Å². The molecule has 108 valence electrons. The van der Waals surface area contributed by atoms with Crippen molar-refractivity contribution in [1.29, 1.82) is 0 Å². The van der Waals surface area contributed by atoms with Crippen molar-refractivity contribution in [3.05, 3.63) is 67.2 Å². The Balaban J connectivity index is 2.14. The van der Waals surface area contributed by atoms with Gasteiger partial charge in [0.15, 0.2) is 0 Å². The average Bonchev–Trinajstić information content (AvgIpc) is 2.44. The van der Waals surface area contributed by atoms with Gasteiger partial charge in [0.25, 0.3) is 5.91 Å². The summed E-state index contributed by atoms with van der Waals surface area (Å²) in [7, 11) is 0. The van der Waals surface area contributed by atoms with Crippen molar-refractivity contribution in [2.24, 2.45) is 5.10 Å². The number of carbonyl (C=O) groups excluding carboxylic acids is 1. The molecule has 0 aromatic heterocycles. The molecule has 0 aliphatic carbocycles. The molecule has 0 radical (unpaired) electrons. The van der Waals surface area contributed by atoms with Crippen molar-refractivity contribution < 1.29 is 4.79 Å². The molecule has 6 heteroatoms. The van der Waals surface area contributed by atoms with E-state index < -0.39 is 0 Å². The van der Waals surface area contributed by atoms with E-state index in [2.05, 4.69) is 33.1 Å². The number of halogens is 3. The van der Waals surface area contributed by atoms with Crippen LogP contribution in [0.15, 0.2) is 47.6 Å². The van der Waals surface area contributed by atoms with E-state index in [0.29, 0.717) is 21.3 Å². The van der Waals surface area contributed by atoms with Gasteiger partial charge < -0.3 is 0 Å². The first-order chi connectivity index (χ1) is 9.97. The molecule has 2 aromatic carbocycles. The fraction of sp³-hybridized carbons (Fsp3) is 0.0667. The highest BCUT2D eigenvalue weighted by atomic mass is 127. The van der Waals surface area contributed by atoms with Crippen molar-refractivity contribution in [1.82, 2.24) is 5.43 Å². The summed E-state index contributed by atoms with van der Waals surface area (Å²) in [6.45, 7) is 1.83. The van der Waals surface area contributed by atoms with Gasteiger partial charge in [-0.15, -0.1) is 0 Å². The molecule has 0 aliphatic rings. The van der Waals surface area contributed by atoms with Crippen LogP contribution in [0.1, 0.15) is 22.8 Å². The van der Waals surface area contributed by atoms with Crippen LogP contribution in [0.25, 0.3) is 0 Å². The Morgan fingerprint density at radius 3 is 2.62 bits per heavy atom. The van der Waals surface area contributed by atoms with Crippen LogP contribution in [0.5, 0.6) is 0 Å². The van der Waals surface area contributed by atoms with Gasteiger partial charge in [-0.2, -0.15) is 5.10 Å². The van der Waals surface area contributed by atoms with Crippen molar-refractivity contribution in [3.63, 3.8) is 0 Å². The third-order valence-electron chi connectivity index (χ3n) is 2.74. The van der Waals surface area contributed by atoms with E-state index >= 15 is 0 Å². The predicted octanol–water partition coefficient (Wildman–Crippen LogP) is 4.75. The highest BCUT2D eigenvalue weighted by Crippen LogP contribution is 2.20. The first kappa shape index (κ1) is 16.3. The Morgan fingerprint density at radius 1 is 1.19 bits per heavy atom. The average molecular weight is 433 g/mol. The minimum atomic E-state index is -0.373. The first-order valence-electron chi connectivity index (χ1n) is 6.03. The third-order valence-corrected chi connectivity index (χ3v) is 3.96. The Kier molecular flexibility index (Phi) is 5.61. The molecule has 2 aromatic rings. The summed E-state index contributed by atoms with van der Waals surface area (Å²) in [6, 6.07) is 12.5. The zero-order valence-corrected chi connectivity index (χ0v) is 14.7. The molecule has 0 atom stereocenters. The quantitative estimate of drug-likeness (QED) is 0.424. The fourth-order valence-corrected chi connectivity index (χ4v) is 2.68. The molecule has 1 amide bonds. The number of hydrogen-bond acceptors (Lipinski definition) is 2. The molecule has 0 bridgehead atoms. The predicted molar refractivity (Wildman–Crippen MR) is 95.3 cm³/mol. The lowest BCUT2D eigenvalue weighted by atomic mass is 10.1. The molecule has 0 saturated heterocycles. The van der Waals surface area contributed by atoms with Crippen LogP contribution in [-0.4, -0.2) is 11.6 Å². The van der Waals surface area contributed by atoms with E-state index in [4.69, 9.17) is 23.2 Å². The van der Waals surface area contributed by atoms with Gasteiger partial charge in [0, 0.05) is 8.59 Å². The maximum absolute atomic E-state index is 12.0. The molecule has 0 heterocycles. The number of hydrazone groups is 1. The van der Waals surface area contributed by atoms with Gasteiger partial charge >= 0.3 is 0 Å². The Morgan fingerprint density at radius 2 is 1.95 bits per heavy atom. The van der Waals surface area contributed by atoms with E-state index in [1.165, 1.54) is 6.07 Å². The number of hydrogen-bond donors (Lipinski definition) is 1. The van der Waals surface area contributed by atoms with Gasteiger partial charge in [-0.1, -0.05) is 35.3 Å². The van der Waals surface area contributed by atoms with Crippen LogP contribution < -0.4 is 5.43 Å².